The molecular formula is C22H30O3S. The highest BCUT2D eigenvalue weighted by Gasteiger charge is 2.50. The second kappa shape index (κ2) is 9.22. The van der Waals surface area contributed by atoms with E-state index < -0.39 is 14.6 Å². The normalized spacial score (nSPS) is 20.7. The lowest BCUT2D eigenvalue weighted by molar-refractivity contribution is 0.198. The second-order valence-electron chi connectivity index (χ2n) is 6.58. The molecule has 1 aromatic rings. The van der Waals surface area contributed by atoms with Crippen molar-refractivity contribution in [3.8, 4) is 0 Å². The molecule has 0 N–H and O–H groups in total. The molecule has 3 nitrogen and oxygen atoms in total. The molecule has 1 aliphatic rings. The van der Waals surface area contributed by atoms with Crippen molar-refractivity contribution in [1.29, 1.82) is 0 Å². The van der Waals surface area contributed by atoms with E-state index in [2.05, 4.69) is 19.6 Å². The van der Waals surface area contributed by atoms with Gasteiger partial charge in [0.2, 0.25) is 0 Å². The number of hydrogen-bond acceptors (Lipinski definition) is 3. The largest absolute Gasteiger partial charge is 0.497 e. The maximum atomic E-state index is 13.5. The fraction of sp³-hybridized carbons (Fsp3) is 0.455. The van der Waals surface area contributed by atoms with Crippen LogP contribution in [-0.4, -0.2) is 19.8 Å². The Labute approximate surface area is 158 Å². The molecule has 0 bridgehead atoms. The molecule has 1 unspecified atom stereocenters. The van der Waals surface area contributed by atoms with Crippen LogP contribution in [-0.2, 0) is 14.6 Å². The summed E-state index contributed by atoms with van der Waals surface area (Å²) >= 11 is 0. The Kier molecular flexibility index (Phi) is 7.27. The highest BCUT2D eigenvalue weighted by atomic mass is 32.2. The van der Waals surface area contributed by atoms with Crippen LogP contribution >= 0.6 is 0 Å². The number of benzene rings is 1. The van der Waals surface area contributed by atoms with Crippen molar-refractivity contribution in [3.63, 3.8) is 0 Å². The first kappa shape index (κ1) is 20.5. The molecule has 26 heavy (non-hydrogen) atoms. The van der Waals surface area contributed by atoms with Crippen LogP contribution in [0.3, 0.4) is 0 Å². The lowest BCUT2D eigenvalue weighted by Crippen LogP contribution is -2.39. The Morgan fingerprint density at radius 2 is 2.00 bits per heavy atom. The molecule has 2 rings (SSSR count). The van der Waals surface area contributed by atoms with E-state index in [-0.39, 0.29) is 0 Å². The molecule has 0 amide bonds. The Balaban J connectivity index is 2.31. The van der Waals surface area contributed by atoms with E-state index >= 15 is 0 Å². The highest BCUT2D eigenvalue weighted by Crippen LogP contribution is 2.45. The summed E-state index contributed by atoms with van der Waals surface area (Å²) in [5.74, 6) is 0.632. The topological polar surface area (TPSA) is 43.4 Å². The van der Waals surface area contributed by atoms with Gasteiger partial charge in [-0.1, -0.05) is 49.4 Å². The van der Waals surface area contributed by atoms with Crippen molar-refractivity contribution < 1.29 is 13.2 Å². The van der Waals surface area contributed by atoms with Gasteiger partial charge in [0, 0.05) is 0 Å². The zero-order valence-corrected chi connectivity index (χ0v) is 16.7. The molecule has 142 valence electrons. The SMILES string of the molecule is C=C/C(=C/CCCC1(S(=O)(=O)c2ccccc2)CCC=C1OCC)CC. The van der Waals surface area contributed by atoms with E-state index in [1.54, 1.807) is 24.3 Å². The summed E-state index contributed by atoms with van der Waals surface area (Å²) in [5, 5.41) is 0. The van der Waals surface area contributed by atoms with Crippen molar-refractivity contribution in [2.45, 2.75) is 62.0 Å². The molecule has 1 aromatic carbocycles. The Morgan fingerprint density at radius 3 is 2.62 bits per heavy atom. The van der Waals surface area contributed by atoms with E-state index in [1.165, 1.54) is 5.57 Å². The summed E-state index contributed by atoms with van der Waals surface area (Å²) in [7, 11) is -3.52. The third-order valence-electron chi connectivity index (χ3n) is 5.06. The number of allylic oxidation sites excluding steroid dienone is 4. The minimum absolute atomic E-state index is 0.378. The summed E-state index contributed by atoms with van der Waals surface area (Å²) in [6.45, 7) is 8.31. The standard InChI is InChI=1S/C22H30O3S/c1-4-19(5-2)13-10-11-17-22(18-12-16-21(22)25-6-3)26(23,24)20-14-8-7-9-15-20/h4,7-9,13-16H,1,5-6,10-12,17-18H2,2-3H3/b19-13-. The van der Waals surface area contributed by atoms with Crippen LogP contribution < -0.4 is 0 Å². The Bertz CT molecular complexity index is 760. The quantitative estimate of drug-likeness (QED) is 0.395. The molecule has 0 fully saturated rings. The van der Waals surface area contributed by atoms with Crippen molar-refractivity contribution in [2.75, 3.05) is 6.61 Å². The molecule has 1 atom stereocenters. The van der Waals surface area contributed by atoms with E-state index in [9.17, 15) is 8.42 Å². The van der Waals surface area contributed by atoms with Crippen LogP contribution in [0.15, 0.2) is 71.4 Å². The van der Waals surface area contributed by atoms with E-state index in [1.807, 2.05) is 25.1 Å². The average Bonchev–Trinajstić information content (AvgIpc) is 3.07. The first-order valence-electron chi connectivity index (χ1n) is 9.46. The fourth-order valence-corrected chi connectivity index (χ4v) is 5.79. The molecule has 0 spiro atoms. The molecule has 0 radical (unpaired) electrons. The van der Waals surface area contributed by atoms with Gasteiger partial charge >= 0.3 is 0 Å². The predicted molar refractivity (Wildman–Crippen MR) is 108 cm³/mol. The third-order valence-corrected chi connectivity index (χ3v) is 7.59. The highest BCUT2D eigenvalue weighted by molar-refractivity contribution is 7.93. The van der Waals surface area contributed by atoms with Crippen LogP contribution in [0, 0.1) is 0 Å². The first-order chi connectivity index (χ1) is 12.5. The molecule has 0 aliphatic heterocycles. The van der Waals surface area contributed by atoms with Gasteiger partial charge in [0.15, 0.2) is 9.84 Å². The van der Waals surface area contributed by atoms with Crippen molar-refractivity contribution >= 4 is 9.84 Å². The number of hydrogen-bond donors (Lipinski definition) is 0. The zero-order chi connectivity index (χ0) is 19.0. The number of rotatable bonds is 10. The van der Waals surface area contributed by atoms with Gasteiger partial charge in [-0.05, 0) is 63.7 Å². The van der Waals surface area contributed by atoms with Gasteiger partial charge in [-0.3, -0.25) is 0 Å². The summed E-state index contributed by atoms with van der Waals surface area (Å²) < 4.78 is 31.9. The van der Waals surface area contributed by atoms with Crippen LogP contribution in [0.2, 0.25) is 0 Å². The summed E-state index contributed by atoms with van der Waals surface area (Å²) in [6.07, 6.45) is 10.5. The number of sulfone groups is 1. The maximum absolute atomic E-state index is 13.5. The van der Waals surface area contributed by atoms with Gasteiger partial charge in [0.25, 0.3) is 0 Å². The number of unbranched alkanes of at least 4 members (excludes halogenated alkanes) is 1. The van der Waals surface area contributed by atoms with Gasteiger partial charge in [-0.2, -0.15) is 0 Å². The van der Waals surface area contributed by atoms with E-state index in [0.717, 1.165) is 25.7 Å². The molecule has 0 heterocycles. The van der Waals surface area contributed by atoms with Crippen LogP contribution in [0.5, 0.6) is 0 Å². The van der Waals surface area contributed by atoms with Crippen molar-refractivity contribution in [1.82, 2.24) is 0 Å². The van der Waals surface area contributed by atoms with Crippen LogP contribution in [0.4, 0.5) is 0 Å². The summed E-state index contributed by atoms with van der Waals surface area (Å²) in [6, 6.07) is 8.77. The molecule has 4 heteroatoms. The second-order valence-corrected chi connectivity index (χ2v) is 8.84. The molecule has 0 saturated heterocycles. The van der Waals surface area contributed by atoms with Gasteiger partial charge in [-0.15, -0.1) is 0 Å². The lowest BCUT2D eigenvalue weighted by Gasteiger charge is -2.32. The maximum Gasteiger partial charge on any atom is 0.191 e. The van der Waals surface area contributed by atoms with Crippen LogP contribution in [0.1, 0.15) is 52.4 Å². The number of ether oxygens (including phenoxy) is 1. The molecular weight excluding hydrogens is 344 g/mol. The monoisotopic (exact) mass is 374 g/mol. The van der Waals surface area contributed by atoms with Crippen molar-refractivity contribution in [2.24, 2.45) is 0 Å². The Morgan fingerprint density at radius 1 is 1.27 bits per heavy atom. The summed E-state index contributed by atoms with van der Waals surface area (Å²) in [4.78, 5) is 0.378. The van der Waals surface area contributed by atoms with Gasteiger partial charge in [0.05, 0.1) is 11.5 Å². The average molecular weight is 375 g/mol. The lowest BCUT2D eigenvalue weighted by atomic mass is 9.98. The fourth-order valence-electron chi connectivity index (χ4n) is 3.61. The van der Waals surface area contributed by atoms with E-state index in [4.69, 9.17) is 4.74 Å². The van der Waals surface area contributed by atoms with Crippen molar-refractivity contribution in [3.05, 3.63) is 66.5 Å². The van der Waals surface area contributed by atoms with Gasteiger partial charge < -0.3 is 4.74 Å². The summed E-state index contributed by atoms with van der Waals surface area (Å²) in [5.41, 5.74) is 1.21. The first-order valence-corrected chi connectivity index (χ1v) is 10.9. The van der Waals surface area contributed by atoms with Crippen LogP contribution in [0.25, 0.3) is 0 Å². The minimum Gasteiger partial charge on any atom is -0.497 e. The minimum atomic E-state index is -3.52. The van der Waals surface area contributed by atoms with Gasteiger partial charge in [0.1, 0.15) is 10.5 Å². The third kappa shape index (κ3) is 4.12. The molecule has 0 aromatic heterocycles. The zero-order valence-electron chi connectivity index (χ0n) is 15.9. The van der Waals surface area contributed by atoms with Gasteiger partial charge in [-0.25, -0.2) is 8.42 Å². The predicted octanol–water partition coefficient (Wildman–Crippen LogP) is 5.61. The molecule has 0 saturated carbocycles. The van der Waals surface area contributed by atoms with E-state index in [0.29, 0.717) is 30.1 Å². The molecule has 1 aliphatic carbocycles. The smallest absolute Gasteiger partial charge is 0.191 e. The Hall–Kier alpha value is -1.81.